The Morgan fingerprint density at radius 2 is 1.47 bits per heavy atom. The van der Waals surface area contributed by atoms with Crippen molar-refractivity contribution >= 4 is 6.03 Å². The second-order valence-corrected chi connectivity index (χ2v) is 5.53. The predicted molar refractivity (Wildman–Crippen MR) is 70.8 cm³/mol. The van der Waals surface area contributed by atoms with Crippen LogP contribution in [0, 0.1) is 23.7 Å². The first-order valence-corrected chi connectivity index (χ1v) is 6.51. The van der Waals surface area contributed by atoms with E-state index < -0.39 is 0 Å². The van der Waals surface area contributed by atoms with Gasteiger partial charge in [-0.05, 0) is 23.7 Å². The van der Waals surface area contributed by atoms with E-state index in [-0.39, 0.29) is 18.6 Å². The fraction of sp³-hybridized carbons (Fsp3) is 0.923. The standard InChI is InChI=1S/C13H28N2O2/c1-9(2)12(10(3)4)7-15-13(17)14-6-11(5)8-16/h9-12,16H,6-8H2,1-5H3,(H2,14,15,17)/t11-/m0/s1. The summed E-state index contributed by atoms with van der Waals surface area (Å²) in [6.45, 7) is 11.9. The number of aliphatic hydroxyl groups excluding tert-OH is 1. The first-order valence-electron chi connectivity index (χ1n) is 6.51. The third-order valence-corrected chi connectivity index (χ3v) is 3.13. The highest BCUT2D eigenvalue weighted by molar-refractivity contribution is 5.73. The second-order valence-electron chi connectivity index (χ2n) is 5.53. The molecule has 0 bridgehead atoms. The fourth-order valence-electron chi connectivity index (χ4n) is 1.85. The van der Waals surface area contributed by atoms with Gasteiger partial charge in [-0.2, -0.15) is 0 Å². The molecule has 4 nitrogen and oxygen atoms in total. The Kier molecular flexibility index (Phi) is 7.96. The summed E-state index contributed by atoms with van der Waals surface area (Å²) in [6, 6.07) is -0.142. The molecule has 0 rings (SSSR count). The van der Waals surface area contributed by atoms with Crippen molar-refractivity contribution in [2.75, 3.05) is 19.7 Å². The highest BCUT2D eigenvalue weighted by Crippen LogP contribution is 2.19. The summed E-state index contributed by atoms with van der Waals surface area (Å²) in [4.78, 5) is 11.5. The molecule has 0 heterocycles. The van der Waals surface area contributed by atoms with Crippen LogP contribution in [0.15, 0.2) is 0 Å². The zero-order valence-electron chi connectivity index (χ0n) is 11.8. The topological polar surface area (TPSA) is 61.4 Å². The van der Waals surface area contributed by atoms with Gasteiger partial charge in [-0.25, -0.2) is 4.79 Å². The summed E-state index contributed by atoms with van der Waals surface area (Å²) in [7, 11) is 0. The SMILES string of the molecule is CC(C)C(CNC(=O)NC[C@H](C)CO)C(C)C. The molecule has 102 valence electrons. The number of nitrogens with one attached hydrogen (secondary N) is 2. The van der Waals surface area contributed by atoms with Gasteiger partial charge >= 0.3 is 6.03 Å². The van der Waals surface area contributed by atoms with Crippen LogP contribution in [0.2, 0.25) is 0 Å². The molecule has 17 heavy (non-hydrogen) atoms. The maximum absolute atomic E-state index is 11.5. The van der Waals surface area contributed by atoms with E-state index in [1.165, 1.54) is 0 Å². The Hall–Kier alpha value is -0.770. The summed E-state index contributed by atoms with van der Waals surface area (Å²) in [5, 5.41) is 14.5. The Labute approximate surface area is 105 Å². The number of carbonyl (C=O) groups is 1. The largest absolute Gasteiger partial charge is 0.396 e. The molecular weight excluding hydrogens is 216 g/mol. The van der Waals surface area contributed by atoms with Crippen molar-refractivity contribution in [3.8, 4) is 0 Å². The van der Waals surface area contributed by atoms with Gasteiger partial charge in [0.25, 0.3) is 0 Å². The van der Waals surface area contributed by atoms with Gasteiger partial charge < -0.3 is 15.7 Å². The van der Waals surface area contributed by atoms with Crippen molar-refractivity contribution in [3.05, 3.63) is 0 Å². The van der Waals surface area contributed by atoms with Crippen LogP contribution in [-0.4, -0.2) is 30.8 Å². The Balaban J connectivity index is 3.89. The second kappa shape index (κ2) is 8.34. The molecule has 1 atom stereocenters. The van der Waals surface area contributed by atoms with Crippen LogP contribution >= 0.6 is 0 Å². The van der Waals surface area contributed by atoms with E-state index in [9.17, 15) is 4.79 Å². The van der Waals surface area contributed by atoms with Crippen molar-refractivity contribution in [3.63, 3.8) is 0 Å². The molecule has 0 aliphatic carbocycles. The lowest BCUT2D eigenvalue weighted by molar-refractivity contribution is 0.216. The molecular formula is C13H28N2O2. The first kappa shape index (κ1) is 16.2. The smallest absolute Gasteiger partial charge is 0.314 e. The molecule has 4 heteroatoms. The van der Waals surface area contributed by atoms with Crippen LogP contribution in [0.25, 0.3) is 0 Å². The van der Waals surface area contributed by atoms with Gasteiger partial charge in [-0.1, -0.05) is 34.6 Å². The molecule has 0 aromatic carbocycles. The predicted octanol–water partition coefficient (Wildman–Crippen LogP) is 1.84. The third kappa shape index (κ3) is 7.21. The van der Waals surface area contributed by atoms with Gasteiger partial charge in [0, 0.05) is 19.7 Å². The maximum atomic E-state index is 11.5. The summed E-state index contributed by atoms with van der Waals surface area (Å²) < 4.78 is 0. The van der Waals surface area contributed by atoms with Crippen molar-refractivity contribution in [1.82, 2.24) is 10.6 Å². The van der Waals surface area contributed by atoms with E-state index in [1.54, 1.807) is 0 Å². The van der Waals surface area contributed by atoms with E-state index >= 15 is 0 Å². The minimum atomic E-state index is -0.142. The van der Waals surface area contributed by atoms with Crippen molar-refractivity contribution in [2.24, 2.45) is 23.7 Å². The molecule has 0 saturated heterocycles. The van der Waals surface area contributed by atoms with Crippen molar-refractivity contribution < 1.29 is 9.90 Å². The lowest BCUT2D eigenvalue weighted by Crippen LogP contribution is -2.42. The van der Waals surface area contributed by atoms with Gasteiger partial charge in [0.15, 0.2) is 0 Å². The minimum Gasteiger partial charge on any atom is -0.396 e. The Morgan fingerprint density at radius 1 is 1.00 bits per heavy atom. The third-order valence-electron chi connectivity index (χ3n) is 3.13. The normalized spacial score (nSPS) is 13.2. The highest BCUT2D eigenvalue weighted by atomic mass is 16.3. The van der Waals surface area contributed by atoms with Crippen LogP contribution in [0.1, 0.15) is 34.6 Å². The number of rotatable bonds is 7. The number of aliphatic hydroxyl groups is 1. The molecule has 0 unspecified atom stereocenters. The van der Waals surface area contributed by atoms with Gasteiger partial charge in [0.2, 0.25) is 0 Å². The molecule has 0 aliphatic rings. The fourth-order valence-corrected chi connectivity index (χ4v) is 1.85. The van der Waals surface area contributed by atoms with Gasteiger partial charge in [-0.3, -0.25) is 0 Å². The van der Waals surface area contributed by atoms with Gasteiger partial charge in [0.1, 0.15) is 0 Å². The molecule has 0 fully saturated rings. The quantitative estimate of drug-likeness (QED) is 0.640. The Morgan fingerprint density at radius 3 is 1.88 bits per heavy atom. The molecule has 0 spiro atoms. The Bertz CT molecular complexity index is 209. The maximum Gasteiger partial charge on any atom is 0.314 e. The summed E-state index contributed by atoms with van der Waals surface area (Å²) in [6.07, 6.45) is 0. The van der Waals surface area contributed by atoms with E-state index in [0.717, 1.165) is 0 Å². The van der Waals surface area contributed by atoms with Crippen molar-refractivity contribution in [1.29, 1.82) is 0 Å². The minimum absolute atomic E-state index is 0.0981. The van der Waals surface area contributed by atoms with Crippen LogP contribution in [0.5, 0.6) is 0 Å². The van der Waals surface area contributed by atoms with E-state index in [2.05, 4.69) is 38.3 Å². The average Bonchev–Trinajstić information content (AvgIpc) is 2.25. The van der Waals surface area contributed by atoms with E-state index in [4.69, 9.17) is 5.11 Å². The number of urea groups is 1. The molecule has 0 radical (unpaired) electrons. The van der Waals surface area contributed by atoms with Crippen LogP contribution < -0.4 is 10.6 Å². The van der Waals surface area contributed by atoms with Crippen LogP contribution in [0.4, 0.5) is 4.79 Å². The zero-order valence-corrected chi connectivity index (χ0v) is 11.8. The molecule has 0 saturated carbocycles. The summed E-state index contributed by atoms with van der Waals surface area (Å²) in [5.41, 5.74) is 0. The molecule has 0 aromatic rings. The molecule has 3 N–H and O–H groups in total. The number of amides is 2. The monoisotopic (exact) mass is 244 g/mol. The first-order chi connectivity index (χ1) is 7.88. The molecule has 0 aromatic heterocycles. The number of hydrogen-bond acceptors (Lipinski definition) is 2. The average molecular weight is 244 g/mol. The zero-order chi connectivity index (χ0) is 13.4. The highest BCUT2D eigenvalue weighted by Gasteiger charge is 2.18. The van der Waals surface area contributed by atoms with Gasteiger partial charge in [0.05, 0.1) is 0 Å². The van der Waals surface area contributed by atoms with Crippen molar-refractivity contribution in [2.45, 2.75) is 34.6 Å². The van der Waals surface area contributed by atoms with E-state index in [1.807, 2.05) is 6.92 Å². The summed E-state index contributed by atoms with van der Waals surface area (Å²) in [5.74, 6) is 1.72. The van der Waals surface area contributed by atoms with Crippen LogP contribution in [0.3, 0.4) is 0 Å². The van der Waals surface area contributed by atoms with E-state index in [0.29, 0.717) is 30.8 Å². The number of carbonyl (C=O) groups excluding carboxylic acids is 1. The lowest BCUT2D eigenvalue weighted by atomic mass is 9.85. The molecule has 2 amide bonds. The lowest BCUT2D eigenvalue weighted by Gasteiger charge is -2.25. The summed E-state index contributed by atoms with van der Waals surface area (Å²) >= 11 is 0. The molecule has 0 aliphatic heterocycles. The number of hydrogen-bond donors (Lipinski definition) is 3. The van der Waals surface area contributed by atoms with Crippen LogP contribution in [-0.2, 0) is 0 Å². The van der Waals surface area contributed by atoms with Gasteiger partial charge in [-0.15, -0.1) is 0 Å².